The van der Waals surface area contributed by atoms with Crippen molar-refractivity contribution in [3.63, 3.8) is 0 Å². The zero-order valence-electron chi connectivity index (χ0n) is 12.3. The highest BCUT2D eigenvalue weighted by Crippen LogP contribution is 2.36. The second-order valence-corrected chi connectivity index (χ2v) is 6.79. The van der Waals surface area contributed by atoms with Crippen molar-refractivity contribution in [2.45, 2.75) is 45.4 Å². The summed E-state index contributed by atoms with van der Waals surface area (Å²) in [5.74, 6) is -0.449. The fraction of sp³-hybridized carbons (Fsp3) is 0.562. The van der Waals surface area contributed by atoms with E-state index in [2.05, 4.69) is 21.2 Å². The maximum atomic E-state index is 13.7. The molecule has 0 heterocycles. The first-order chi connectivity index (χ1) is 9.98. The predicted molar refractivity (Wildman–Crippen MR) is 86.7 cm³/mol. The fourth-order valence-corrected chi connectivity index (χ4v) is 3.42. The van der Waals surface area contributed by atoms with Crippen LogP contribution < -0.4 is 11.1 Å². The molecule has 3 N–H and O–H groups in total. The van der Waals surface area contributed by atoms with E-state index in [4.69, 9.17) is 5.73 Å². The number of aryl methyl sites for hydroxylation is 1. The molecule has 0 bridgehead atoms. The largest absolute Gasteiger partial charge is 0.329 e. The molecule has 1 aromatic rings. The SMILES string of the molecule is Cc1cc(Br)c(F)cc1NC(=O)C1(CN)CCCCCC1. The van der Waals surface area contributed by atoms with Gasteiger partial charge in [0.05, 0.1) is 9.89 Å². The minimum absolute atomic E-state index is 0.0725. The normalized spacial score (nSPS) is 18.1. The topological polar surface area (TPSA) is 55.1 Å². The monoisotopic (exact) mass is 356 g/mol. The molecule has 0 unspecified atom stereocenters. The third-order valence-electron chi connectivity index (χ3n) is 4.45. The van der Waals surface area contributed by atoms with Crippen molar-refractivity contribution < 1.29 is 9.18 Å². The number of carbonyl (C=O) groups is 1. The second-order valence-electron chi connectivity index (χ2n) is 5.93. The van der Waals surface area contributed by atoms with Gasteiger partial charge in [0.15, 0.2) is 0 Å². The molecule has 116 valence electrons. The molecule has 1 fully saturated rings. The van der Waals surface area contributed by atoms with Crippen LogP contribution in [0.25, 0.3) is 0 Å². The molecule has 21 heavy (non-hydrogen) atoms. The second kappa shape index (κ2) is 6.88. The van der Waals surface area contributed by atoms with Gasteiger partial charge in [0.2, 0.25) is 5.91 Å². The summed E-state index contributed by atoms with van der Waals surface area (Å²) in [5.41, 5.74) is 6.76. The number of benzene rings is 1. The number of nitrogens with one attached hydrogen (secondary N) is 1. The van der Waals surface area contributed by atoms with Crippen molar-refractivity contribution in [3.8, 4) is 0 Å². The van der Waals surface area contributed by atoms with Crippen LogP contribution in [0.5, 0.6) is 0 Å². The highest BCUT2D eigenvalue weighted by Gasteiger charge is 2.37. The van der Waals surface area contributed by atoms with E-state index >= 15 is 0 Å². The lowest BCUT2D eigenvalue weighted by atomic mass is 9.79. The van der Waals surface area contributed by atoms with Crippen LogP contribution in [0.4, 0.5) is 10.1 Å². The summed E-state index contributed by atoms with van der Waals surface area (Å²) in [4.78, 5) is 12.7. The molecule has 5 heteroatoms. The van der Waals surface area contributed by atoms with Crippen LogP contribution in [0.3, 0.4) is 0 Å². The number of amides is 1. The van der Waals surface area contributed by atoms with Crippen molar-refractivity contribution in [3.05, 3.63) is 28.0 Å². The van der Waals surface area contributed by atoms with Gasteiger partial charge in [0.1, 0.15) is 5.82 Å². The molecule has 0 atom stereocenters. The minimum atomic E-state index is -0.507. The van der Waals surface area contributed by atoms with Crippen molar-refractivity contribution >= 4 is 27.5 Å². The summed E-state index contributed by atoms with van der Waals surface area (Å²) in [6.07, 6.45) is 5.99. The summed E-state index contributed by atoms with van der Waals surface area (Å²) in [6.45, 7) is 2.19. The molecule has 1 amide bonds. The smallest absolute Gasteiger partial charge is 0.231 e. The molecule has 1 aliphatic rings. The van der Waals surface area contributed by atoms with Crippen molar-refractivity contribution in [1.29, 1.82) is 0 Å². The van der Waals surface area contributed by atoms with Gasteiger partial charge in [0, 0.05) is 12.2 Å². The first-order valence-corrected chi connectivity index (χ1v) is 8.25. The Bertz CT molecular complexity index is 525. The van der Waals surface area contributed by atoms with Crippen LogP contribution in [0.15, 0.2) is 16.6 Å². The van der Waals surface area contributed by atoms with Crippen molar-refractivity contribution in [2.24, 2.45) is 11.1 Å². The molecular weight excluding hydrogens is 335 g/mol. The molecule has 0 aromatic heterocycles. The zero-order chi connectivity index (χ0) is 15.5. The predicted octanol–water partition coefficient (Wildman–Crippen LogP) is 4.13. The summed E-state index contributed by atoms with van der Waals surface area (Å²) in [6, 6.07) is 3.03. The third-order valence-corrected chi connectivity index (χ3v) is 5.06. The van der Waals surface area contributed by atoms with Crippen LogP contribution in [-0.4, -0.2) is 12.5 Å². The molecule has 1 saturated carbocycles. The molecule has 0 radical (unpaired) electrons. The van der Waals surface area contributed by atoms with E-state index in [0.717, 1.165) is 44.1 Å². The lowest BCUT2D eigenvalue weighted by Gasteiger charge is -2.30. The van der Waals surface area contributed by atoms with Crippen LogP contribution in [-0.2, 0) is 4.79 Å². The Morgan fingerprint density at radius 3 is 2.52 bits per heavy atom. The van der Waals surface area contributed by atoms with Gasteiger partial charge in [-0.05, 0) is 53.4 Å². The molecule has 1 aromatic carbocycles. The van der Waals surface area contributed by atoms with Crippen LogP contribution in [0, 0.1) is 18.2 Å². The average molecular weight is 357 g/mol. The van der Waals surface area contributed by atoms with E-state index in [0.29, 0.717) is 16.7 Å². The van der Waals surface area contributed by atoms with E-state index in [9.17, 15) is 9.18 Å². The maximum absolute atomic E-state index is 13.7. The molecule has 0 aliphatic heterocycles. The van der Waals surface area contributed by atoms with Crippen LogP contribution in [0.2, 0.25) is 0 Å². The van der Waals surface area contributed by atoms with Gasteiger partial charge in [-0.15, -0.1) is 0 Å². The van der Waals surface area contributed by atoms with Gasteiger partial charge in [-0.3, -0.25) is 4.79 Å². The number of anilines is 1. The fourth-order valence-electron chi connectivity index (χ4n) is 2.97. The molecule has 3 nitrogen and oxygen atoms in total. The van der Waals surface area contributed by atoms with Crippen molar-refractivity contribution in [2.75, 3.05) is 11.9 Å². The lowest BCUT2D eigenvalue weighted by Crippen LogP contribution is -2.42. The molecular formula is C16H22BrFN2O. The Morgan fingerprint density at radius 1 is 1.33 bits per heavy atom. The average Bonchev–Trinajstić information content (AvgIpc) is 2.71. The molecule has 0 saturated heterocycles. The Morgan fingerprint density at radius 2 is 1.95 bits per heavy atom. The Balaban J connectivity index is 2.21. The van der Waals surface area contributed by atoms with Gasteiger partial charge in [-0.2, -0.15) is 0 Å². The van der Waals surface area contributed by atoms with E-state index in [1.165, 1.54) is 6.07 Å². The quantitative estimate of drug-likeness (QED) is 0.799. The van der Waals surface area contributed by atoms with Gasteiger partial charge in [-0.1, -0.05) is 25.7 Å². The summed E-state index contributed by atoms with van der Waals surface area (Å²) in [7, 11) is 0. The van der Waals surface area contributed by atoms with Crippen LogP contribution >= 0.6 is 15.9 Å². The first kappa shape index (κ1) is 16.4. The number of nitrogens with two attached hydrogens (primary N) is 1. The highest BCUT2D eigenvalue weighted by molar-refractivity contribution is 9.10. The molecule has 2 rings (SSSR count). The number of halogens is 2. The number of carbonyl (C=O) groups excluding carboxylic acids is 1. The summed E-state index contributed by atoms with van der Waals surface area (Å²) >= 11 is 3.15. The van der Waals surface area contributed by atoms with E-state index in [1.807, 2.05) is 6.92 Å². The Kier molecular flexibility index (Phi) is 5.38. The van der Waals surface area contributed by atoms with E-state index in [-0.39, 0.29) is 11.7 Å². The molecule has 1 aliphatic carbocycles. The number of hydrogen-bond acceptors (Lipinski definition) is 2. The number of hydrogen-bond donors (Lipinski definition) is 2. The number of rotatable bonds is 3. The maximum Gasteiger partial charge on any atom is 0.231 e. The lowest BCUT2D eigenvalue weighted by molar-refractivity contribution is -0.125. The van der Waals surface area contributed by atoms with Crippen LogP contribution in [0.1, 0.15) is 44.1 Å². The first-order valence-electron chi connectivity index (χ1n) is 7.46. The van der Waals surface area contributed by atoms with Gasteiger partial charge >= 0.3 is 0 Å². The Hall–Kier alpha value is -0.940. The summed E-state index contributed by atoms with van der Waals surface area (Å²) < 4.78 is 14.1. The highest BCUT2D eigenvalue weighted by atomic mass is 79.9. The Labute approximate surface area is 133 Å². The van der Waals surface area contributed by atoms with Crippen molar-refractivity contribution in [1.82, 2.24) is 0 Å². The summed E-state index contributed by atoms with van der Waals surface area (Å²) in [5, 5.41) is 2.89. The van der Waals surface area contributed by atoms with Gasteiger partial charge < -0.3 is 11.1 Å². The molecule has 0 spiro atoms. The van der Waals surface area contributed by atoms with Gasteiger partial charge in [-0.25, -0.2) is 4.39 Å². The minimum Gasteiger partial charge on any atom is -0.329 e. The van der Waals surface area contributed by atoms with E-state index in [1.54, 1.807) is 6.07 Å². The third kappa shape index (κ3) is 3.64. The standard InChI is InChI=1S/C16H22BrFN2O/c1-11-8-12(17)13(18)9-14(11)20-15(21)16(10-19)6-4-2-3-5-7-16/h8-9H,2-7,10,19H2,1H3,(H,20,21). The zero-order valence-corrected chi connectivity index (χ0v) is 13.9. The van der Waals surface area contributed by atoms with Gasteiger partial charge in [0.25, 0.3) is 0 Å². The van der Waals surface area contributed by atoms with E-state index < -0.39 is 5.41 Å².